The molecule has 2 aromatic heterocycles. The van der Waals surface area contributed by atoms with Crippen LogP contribution in [0.1, 0.15) is 29.4 Å². The van der Waals surface area contributed by atoms with Crippen LogP contribution >= 0.6 is 0 Å². The first kappa shape index (κ1) is 18.8. The molecular formula is C19H19N5O5. The van der Waals surface area contributed by atoms with Crippen molar-refractivity contribution in [3.05, 3.63) is 64.4 Å². The Labute approximate surface area is 165 Å². The number of carbonyl (C=O) groups excluding carboxylic acids is 1. The lowest BCUT2D eigenvalue weighted by Crippen LogP contribution is -2.49. The summed E-state index contributed by atoms with van der Waals surface area (Å²) in [4.78, 5) is 26.6. The highest BCUT2D eigenvalue weighted by Gasteiger charge is 2.28. The van der Waals surface area contributed by atoms with Crippen molar-refractivity contribution in [3.8, 4) is 11.5 Å². The number of nitro benzene ring substituents is 1. The van der Waals surface area contributed by atoms with E-state index in [-0.39, 0.29) is 17.6 Å². The minimum atomic E-state index is -0.457. The number of nitro groups is 1. The zero-order valence-electron chi connectivity index (χ0n) is 15.7. The van der Waals surface area contributed by atoms with Crippen molar-refractivity contribution >= 4 is 11.6 Å². The second kappa shape index (κ2) is 7.84. The van der Waals surface area contributed by atoms with Crippen molar-refractivity contribution in [2.75, 3.05) is 26.2 Å². The van der Waals surface area contributed by atoms with Gasteiger partial charge in [-0.25, -0.2) is 0 Å². The van der Waals surface area contributed by atoms with Gasteiger partial charge in [-0.1, -0.05) is 0 Å². The first-order valence-electron chi connectivity index (χ1n) is 9.18. The Morgan fingerprint density at radius 1 is 1.14 bits per heavy atom. The molecule has 10 nitrogen and oxygen atoms in total. The van der Waals surface area contributed by atoms with E-state index in [1.165, 1.54) is 18.4 Å². The molecule has 0 unspecified atom stereocenters. The van der Waals surface area contributed by atoms with Crippen LogP contribution in [0.15, 0.2) is 51.5 Å². The number of nitrogens with zero attached hydrogens (tertiary/aromatic N) is 5. The van der Waals surface area contributed by atoms with Crippen molar-refractivity contribution in [2.45, 2.75) is 13.0 Å². The first-order chi connectivity index (χ1) is 14.0. The summed E-state index contributed by atoms with van der Waals surface area (Å²) in [7, 11) is 0. The maximum absolute atomic E-state index is 12.4. The Morgan fingerprint density at radius 2 is 1.86 bits per heavy atom. The molecule has 3 aromatic rings. The van der Waals surface area contributed by atoms with E-state index in [0.717, 1.165) is 0 Å². The molecule has 1 saturated heterocycles. The van der Waals surface area contributed by atoms with Gasteiger partial charge in [0.05, 0.1) is 17.2 Å². The van der Waals surface area contributed by atoms with Crippen LogP contribution in [0.5, 0.6) is 0 Å². The van der Waals surface area contributed by atoms with Crippen molar-refractivity contribution in [1.82, 2.24) is 20.0 Å². The fourth-order valence-electron chi connectivity index (χ4n) is 3.27. The van der Waals surface area contributed by atoms with Gasteiger partial charge in [-0.15, -0.1) is 10.2 Å². The van der Waals surface area contributed by atoms with Crippen LogP contribution in [0.2, 0.25) is 0 Å². The molecule has 1 amide bonds. The van der Waals surface area contributed by atoms with Gasteiger partial charge in [0.15, 0.2) is 5.76 Å². The summed E-state index contributed by atoms with van der Waals surface area (Å²) in [5.41, 5.74) is 0.624. The number of aromatic nitrogens is 2. The van der Waals surface area contributed by atoms with Gasteiger partial charge in [0.2, 0.25) is 11.8 Å². The van der Waals surface area contributed by atoms with Gasteiger partial charge < -0.3 is 13.7 Å². The Bertz CT molecular complexity index is 990. The van der Waals surface area contributed by atoms with Gasteiger partial charge in [0.1, 0.15) is 0 Å². The smallest absolute Gasteiger partial charge is 0.289 e. The van der Waals surface area contributed by atoms with Crippen molar-refractivity contribution in [1.29, 1.82) is 0 Å². The molecule has 0 spiro atoms. The van der Waals surface area contributed by atoms with E-state index < -0.39 is 4.92 Å². The highest BCUT2D eigenvalue weighted by Crippen LogP contribution is 2.26. The second-order valence-electron chi connectivity index (χ2n) is 6.73. The van der Waals surface area contributed by atoms with Gasteiger partial charge in [0.25, 0.3) is 11.6 Å². The summed E-state index contributed by atoms with van der Waals surface area (Å²) in [6.07, 6.45) is 1.49. The normalized spacial score (nSPS) is 16.0. The summed E-state index contributed by atoms with van der Waals surface area (Å²) in [5.74, 6) is 1.01. The molecular weight excluding hydrogens is 378 g/mol. The van der Waals surface area contributed by atoms with Gasteiger partial charge in [-0.05, 0) is 31.2 Å². The van der Waals surface area contributed by atoms with Gasteiger partial charge >= 0.3 is 0 Å². The molecule has 1 aliphatic rings. The zero-order chi connectivity index (χ0) is 20.4. The maximum Gasteiger partial charge on any atom is 0.289 e. The monoisotopic (exact) mass is 397 g/mol. The number of benzene rings is 1. The average molecular weight is 397 g/mol. The van der Waals surface area contributed by atoms with Crippen LogP contribution in [0.3, 0.4) is 0 Å². The summed E-state index contributed by atoms with van der Waals surface area (Å²) >= 11 is 0. The number of hydrogen-bond donors (Lipinski definition) is 0. The molecule has 1 atom stereocenters. The molecule has 150 valence electrons. The maximum atomic E-state index is 12.4. The molecule has 0 bridgehead atoms. The Hall–Kier alpha value is -3.53. The standard InChI is InChI=1S/C19H19N5O5/c1-13(22-8-10-23(11-9-22)19(25)16-3-2-12-28-16)17-20-21-18(29-17)14-4-6-15(7-5-14)24(26)27/h2-7,12-13H,8-11H2,1H3/t13-/m1/s1. The Kier molecular flexibility index (Phi) is 5.09. The van der Waals surface area contributed by atoms with Gasteiger partial charge in [-0.2, -0.15) is 0 Å². The van der Waals surface area contributed by atoms with E-state index >= 15 is 0 Å². The lowest BCUT2D eigenvalue weighted by atomic mass is 10.2. The molecule has 10 heteroatoms. The molecule has 4 rings (SSSR count). The minimum Gasteiger partial charge on any atom is -0.459 e. The van der Waals surface area contributed by atoms with E-state index in [2.05, 4.69) is 15.1 Å². The highest BCUT2D eigenvalue weighted by molar-refractivity contribution is 5.91. The summed E-state index contributed by atoms with van der Waals surface area (Å²) < 4.78 is 11.0. The lowest BCUT2D eigenvalue weighted by Gasteiger charge is -2.36. The fourth-order valence-corrected chi connectivity index (χ4v) is 3.27. The molecule has 0 saturated carbocycles. The van der Waals surface area contributed by atoms with Crippen LogP contribution < -0.4 is 0 Å². The van der Waals surface area contributed by atoms with Crippen LogP contribution in [0.4, 0.5) is 5.69 Å². The average Bonchev–Trinajstić information content (AvgIpc) is 3.45. The summed E-state index contributed by atoms with van der Waals surface area (Å²) in [5, 5.41) is 19.0. The number of hydrogen-bond acceptors (Lipinski definition) is 8. The SMILES string of the molecule is C[C@H](c1nnc(-c2ccc([N+](=O)[O-])cc2)o1)N1CCN(C(=O)c2ccco2)CC1. The predicted molar refractivity (Wildman–Crippen MR) is 101 cm³/mol. The molecule has 0 aliphatic carbocycles. The van der Waals surface area contributed by atoms with Crippen LogP contribution in [0.25, 0.3) is 11.5 Å². The second-order valence-corrected chi connectivity index (χ2v) is 6.73. The fraction of sp³-hybridized carbons (Fsp3) is 0.316. The number of carbonyl (C=O) groups is 1. The molecule has 0 radical (unpaired) electrons. The van der Waals surface area contributed by atoms with E-state index in [9.17, 15) is 14.9 Å². The number of rotatable bonds is 5. The topological polar surface area (TPSA) is 119 Å². The molecule has 1 aromatic carbocycles. The number of amides is 1. The number of piperazine rings is 1. The molecule has 3 heterocycles. The molecule has 1 aliphatic heterocycles. The number of furan rings is 1. The highest BCUT2D eigenvalue weighted by atomic mass is 16.6. The third kappa shape index (κ3) is 3.87. The van der Waals surface area contributed by atoms with E-state index in [1.54, 1.807) is 29.2 Å². The zero-order valence-corrected chi connectivity index (χ0v) is 15.7. The quantitative estimate of drug-likeness (QED) is 0.476. The Morgan fingerprint density at radius 3 is 2.48 bits per heavy atom. The van der Waals surface area contributed by atoms with Crippen LogP contribution in [0, 0.1) is 10.1 Å². The third-order valence-electron chi connectivity index (χ3n) is 5.00. The predicted octanol–water partition coefficient (Wildman–Crippen LogP) is 2.76. The minimum absolute atomic E-state index is 0.00354. The van der Waals surface area contributed by atoms with Gasteiger partial charge in [-0.3, -0.25) is 19.8 Å². The van der Waals surface area contributed by atoms with E-state index in [0.29, 0.717) is 49.3 Å². The summed E-state index contributed by atoms with van der Waals surface area (Å²) in [6.45, 7) is 4.46. The van der Waals surface area contributed by atoms with Crippen molar-refractivity contribution in [2.24, 2.45) is 0 Å². The molecule has 29 heavy (non-hydrogen) atoms. The van der Waals surface area contributed by atoms with Crippen LogP contribution in [-0.2, 0) is 0 Å². The Balaban J connectivity index is 1.39. The number of non-ortho nitro benzene ring substituents is 1. The molecule has 1 fully saturated rings. The summed E-state index contributed by atoms with van der Waals surface area (Å²) in [6, 6.07) is 9.21. The van der Waals surface area contributed by atoms with Crippen LogP contribution in [-0.4, -0.2) is 57.0 Å². The lowest BCUT2D eigenvalue weighted by molar-refractivity contribution is -0.384. The first-order valence-corrected chi connectivity index (χ1v) is 9.18. The third-order valence-corrected chi connectivity index (χ3v) is 5.00. The van der Waals surface area contributed by atoms with E-state index in [4.69, 9.17) is 8.83 Å². The molecule has 0 N–H and O–H groups in total. The largest absolute Gasteiger partial charge is 0.459 e. The van der Waals surface area contributed by atoms with E-state index in [1.807, 2.05) is 6.92 Å². The van der Waals surface area contributed by atoms with Crippen molar-refractivity contribution < 1.29 is 18.6 Å². The van der Waals surface area contributed by atoms with Gasteiger partial charge in [0, 0.05) is 43.9 Å². The van der Waals surface area contributed by atoms with Crippen molar-refractivity contribution in [3.63, 3.8) is 0 Å².